The molecule has 0 aliphatic rings. The van der Waals surface area contributed by atoms with Crippen molar-refractivity contribution in [3.63, 3.8) is 0 Å². The quantitative estimate of drug-likeness (QED) is 0.732. The molecule has 5 nitrogen and oxygen atoms in total. The molecule has 1 unspecified atom stereocenters. The Morgan fingerprint density at radius 1 is 1.47 bits per heavy atom. The van der Waals surface area contributed by atoms with Crippen molar-refractivity contribution in [2.45, 2.75) is 6.10 Å². The van der Waals surface area contributed by atoms with E-state index in [9.17, 15) is 19.1 Å². The predicted molar refractivity (Wildman–Crippen MR) is 56.8 cm³/mol. The van der Waals surface area contributed by atoms with Gasteiger partial charge in [-0.25, -0.2) is 9.18 Å². The highest BCUT2D eigenvalue weighted by Crippen LogP contribution is 2.05. The fraction of sp³-hybridized carbons (Fsp3) is 0.273. The van der Waals surface area contributed by atoms with Crippen molar-refractivity contribution < 1.29 is 23.8 Å². The molecule has 0 heterocycles. The van der Waals surface area contributed by atoms with Crippen LogP contribution in [0.15, 0.2) is 24.3 Å². The highest BCUT2D eigenvalue weighted by atomic mass is 19.1. The third-order valence-electron chi connectivity index (χ3n) is 2.05. The van der Waals surface area contributed by atoms with Crippen molar-refractivity contribution in [3.8, 4) is 0 Å². The Balaban J connectivity index is 2.57. The first-order chi connectivity index (χ1) is 8.06. The second-order valence-electron chi connectivity index (χ2n) is 3.23. The van der Waals surface area contributed by atoms with E-state index in [2.05, 4.69) is 10.1 Å². The van der Waals surface area contributed by atoms with E-state index in [1.54, 1.807) is 0 Å². The minimum atomic E-state index is -1.46. The molecule has 17 heavy (non-hydrogen) atoms. The molecule has 0 saturated heterocycles. The largest absolute Gasteiger partial charge is 0.467 e. The van der Waals surface area contributed by atoms with E-state index < -0.39 is 23.8 Å². The summed E-state index contributed by atoms with van der Waals surface area (Å²) < 4.78 is 17.4. The molecular weight excluding hydrogens is 229 g/mol. The van der Waals surface area contributed by atoms with E-state index in [1.165, 1.54) is 18.2 Å². The minimum Gasteiger partial charge on any atom is -0.467 e. The second kappa shape index (κ2) is 5.95. The van der Waals surface area contributed by atoms with Crippen LogP contribution in [-0.4, -0.2) is 36.7 Å². The van der Waals surface area contributed by atoms with Crippen molar-refractivity contribution in [1.82, 2.24) is 5.32 Å². The lowest BCUT2D eigenvalue weighted by Gasteiger charge is -2.09. The van der Waals surface area contributed by atoms with Gasteiger partial charge >= 0.3 is 5.97 Å². The van der Waals surface area contributed by atoms with Crippen LogP contribution in [0, 0.1) is 5.82 Å². The highest BCUT2D eigenvalue weighted by molar-refractivity contribution is 5.94. The summed E-state index contributed by atoms with van der Waals surface area (Å²) >= 11 is 0. The van der Waals surface area contributed by atoms with Crippen molar-refractivity contribution >= 4 is 11.9 Å². The maximum absolute atomic E-state index is 13.2. The molecule has 92 valence electrons. The zero-order chi connectivity index (χ0) is 12.8. The molecule has 1 aromatic carbocycles. The van der Waals surface area contributed by atoms with Crippen LogP contribution in [0.2, 0.25) is 0 Å². The number of carbonyl (C=O) groups is 2. The smallest absolute Gasteiger partial charge is 0.336 e. The van der Waals surface area contributed by atoms with E-state index in [0.717, 1.165) is 13.2 Å². The lowest BCUT2D eigenvalue weighted by Crippen LogP contribution is -2.37. The van der Waals surface area contributed by atoms with Gasteiger partial charge in [0.25, 0.3) is 5.91 Å². The fourth-order valence-corrected chi connectivity index (χ4v) is 1.15. The molecule has 6 heteroatoms. The molecule has 1 rings (SSSR count). The molecule has 1 aromatic rings. The first kappa shape index (κ1) is 13.1. The van der Waals surface area contributed by atoms with Gasteiger partial charge in [0, 0.05) is 0 Å². The number of rotatable bonds is 4. The standard InChI is InChI=1S/C11H12FNO4/c1-17-11(16)9(14)6-13-10(15)7-4-2-3-5-8(7)12/h2-5,9,14H,6H2,1H3,(H,13,15). The summed E-state index contributed by atoms with van der Waals surface area (Å²) in [5, 5.41) is 11.4. The number of aliphatic hydroxyl groups is 1. The topological polar surface area (TPSA) is 75.6 Å². The monoisotopic (exact) mass is 241 g/mol. The molecule has 0 aliphatic heterocycles. The zero-order valence-electron chi connectivity index (χ0n) is 9.14. The number of nitrogens with one attached hydrogen (secondary N) is 1. The average Bonchev–Trinajstić information content (AvgIpc) is 2.35. The number of halogens is 1. The lowest BCUT2D eigenvalue weighted by atomic mass is 10.2. The molecule has 0 spiro atoms. The van der Waals surface area contributed by atoms with Crippen molar-refractivity contribution in [2.75, 3.05) is 13.7 Å². The fourth-order valence-electron chi connectivity index (χ4n) is 1.15. The van der Waals surface area contributed by atoms with Crippen molar-refractivity contribution in [3.05, 3.63) is 35.6 Å². The van der Waals surface area contributed by atoms with Gasteiger partial charge in [0.2, 0.25) is 0 Å². The van der Waals surface area contributed by atoms with Crippen LogP contribution >= 0.6 is 0 Å². The van der Waals surface area contributed by atoms with Gasteiger partial charge in [0.1, 0.15) is 5.82 Å². The number of aliphatic hydroxyl groups excluding tert-OH is 1. The Kier molecular flexibility index (Phi) is 4.59. The molecule has 2 N–H and O–H groups in total. The third kappa shape index (κ3) is 3.53. The molecule has 0 fully saturated rings. The molecule has 0 aromatic heterocycles. The molecule has 0 saturated carbocycles. The van der Waals surface area contributed by atoms with Gasteiger partial charge in [-0.15, -0.1) is 0 Å². The summed E-state index contributed by atoms with van der Waals surface area (Å²) in [6.07, 6.45) is -1.46. The molecule has 0 radical (unpaired) electrons. The SMILES string of the molecule is COC(=O)C(O)CNC(=O)c1ccccc1F. The Hall–Kier alpha value is -1.95. The predicted octanol–water partition coefficient (Wildman–Crippen LogP) is 0.0894. The average molecular weight is 241 g/mol. The van der Waals surface area contributed by atoms with E-state index in [0.29, 0.717) is 0 Å². The number of esters is 1. The summed E-state index contributed by atoms with van der Waals surface area (Å²) in [6, 6.07) is 5.41. The first-order valence-electron chi connectivity index (χ1n) is 4.85. The number of hydrogen-bond acceptors (Lipinski definition) is 4. The van der Waals surface area contributed by atoms with Gasteiger partial charge in [-0.2, -0.15) is 0 Å². The normalized spacial score (nSPS) is 11.7. The number of carbonyl (C=O) groups excluding carboxylic acids is 2. The van der Waals surface area contributed by atoms with E-state index >= 15 is 0 Å². The Bertz CT molecular complexity index is 422. The Labute approximate surface area is 97.2 Å². The van der Waals surface area contributed by atoms with Crippen LogP contribution in [0.3, 0.4) is 0 Å². The van der Waals surface area contributed by atoms with Gasteiger partial charge < -0.3 is 15.2 Å². The molecular formula is C11H12FNO4. The van der Waals surface area contributed by atoms with Crippen LogP contribution in [0.1, 0.15) is 10.4 Å². The minimum absolute atomic E-state index is 0.149. The Morgan fingerprint density at radius 2 is 2.12 bits per heavy atom. The number of methoxy groups -OCH3 is 1. The van der Waals surface area contributed by atoms with Gasteiger partial charge in [0.05, 0.1) is 19.2 Å². The molecule has 0 bridgehead atoms. The first-order valence-corrected chi connectivity index (χ1v) is 4.85. The second-order valence-corrected chi connectivity index (χ2v) is 3.23. The van der Waals surface area contributed by atoms with Crippen LogP contribution in [0.25, 0.3) is 0 Å². The van der Waals surface area contributed by atoms with Gasteiger partial charge in [0.15, 0.2) is 6.10 Å². The van der Waals surface area contributed by atoms with Crippen LogP contribution in [0.5, 0.6) is 0 Å². The summed E-state index contributed by atoms with van der Waals surface area (Å²) in [7, 11) is 1.12. The maximum atomic E-state index is 13.2. The third-order valence-corrected chi connectivity index (χ3v) is 2.05. The number of hydrogen-bond donors (Lipinski definition) is 2. The van der Waals surface area contributed by atoms with Crippen molar-refractivity contribution in [1.29, 1.82) is 0 Å². The lowest BCUT2D eigenvalue weighted by molar-refractivity contribution is -0.149. The van der Waals surface area contributed by atoms with Crippen molar-refractivity contribution in [2.24, 2.45) is 0 Å². The molecule has 1 atom stereocenters. The van der Waals surface area contributed by atoms with Crippen LogP contribution in [0.4, 0.5) is 4.39 Å². The van der Waals surface area contributed by atoms with Gasteiger partial charge in [-0.05, 0) is 12.1 Å². The summed E-state index contributed by atoms with van der Waals surface area (Å²) in [6.45, 7) is -0.333. The summed E-state index contributed by atoms with van der Waals surface area (Å²) in [4.78, 5) is 22.3. The number of ether oxygens (including phenoxy) is 1. The van der Waals surface area contributed by atoms with Gasteiger partial charge in [-0.3, -0.25) is 4.79 Å². The Morgan fingerprint density at radius 3 is 2.71 bits per heavy atom. The number of amides is 1. The maximum Gasteiger partial charge on any atom is 0.336 e. The summed E-state index contributed by atoms with van der Waals surface area (Å²) in [5.41, 5.74) is -0.149. The summed E-state index contributed by atoms with van der Waals surface area (Å²) in [5.74, 6) is -2.23. The van der Waals surface area contributed by atoms with E-state index in [1.807, 2.05) is 0 Å². The van der Waals surface area contributed by atoms with E-state index in [4.69, 9.17) is 0 Å². The van der Waals surface area contributed by atoms with Crippen LogP contribution < -0.4 is 5.32 Å². The van der Waals surface area contributed by atoms with Crippen LogP contribution in [-0.2, 0) is 9.53 Å². The molecule has 1 amide bonds. The zero-order valence-corrected chi connectivity index (χ0v) is 9.14. The number of benzene rings is 1. The van der Waals surface area contributed by atoms with E-state index in [-0.39, 0.29) is 12.1 Å². The van der Waals surface area contributed by atoms with Gasteiger partial charge in [-0.1, -0.05) is 12.1 Å². The molecule has 0 aliphatic carbocycles. The highest BCUT2D eigenvalue weighted by Gasteiger charge is 2.17.